The third kappa shape index (κ3) is 2.96. The van der Waals surface area contributed by atoms with Crippen LogP contribution in [0.25, 0.3) is 0 Å². The van der Waals surface area contributed by atoms with Gasteiger partial charge in [-0.2, -0.15) is 4.31 Å². The molecule has 1 unspecified atom stereocenters. The highest BCUT2D eigenvalue weighted by atomic mass is 32.2. The van der Waals surface area contributed by atoms with Crippen LogP contribution >= 0.6 is 0 Å². The van der Waals surface area contributed by atoms with Crippen molar-refractivity contribution < 1.29 is 8.42 Å². The molecule has 2 rings (SSSR count). The number of allylic oxidation sites excluding steroid dienone is 1. The lowest BCUT2D eigenvalue weighted by atomic mass is 9.90. The number of sulfonamides is 1. The van der Waals surface area contributed by atoms with E-state index in [1.807, 2.05) is 26.0 Å². The summed E-state index contributed by atoms with van der Waals surface area (Å²) in [6.07, 6.45) is 4.07. The molecule has 0 bridgehead atoms. The first-order valence-corrected chi connectivity index (χ1v) is 8.65. The van der Waals surface area contributed by atoms with Crippen molar-refractivity contribution >= 4 is 10.0 Å². The average molecular weight is 293 g/mol. The van der Waals surface area contributed by atoms with E-state index in [9.17, 15) is 8.42 Å². The second-order valence-corrected chi connectivity index (χ2v) is 7.35. The van der Waals surface area contributed by atoms with E-state index < -0.39 is 10.0 Å². The Morgan fingerprint density at radius 3 is 2.50 bits per heavy atom. The Bertz CT molecular complexity index is 587. The van der Waals surface area contributed by atoms with E-state index >= 15 is 0 Å². The zero-order valence-corrected chi connectivity index (χ0v) is 13.3. The van der Waals surface area contributed by atoms with Crippen LogP contribution in [0.5, 0.6) is 0 Å². The van der Waals surface area contributed by atoms with Gasteiger partial charge < -0.3 is 0 Å². The third-order valence-corrected chi connectivity index (χ3v) is 5.99. The number of hydrogen-bond donors (Lipinski definition) is 0. The molecule has 4 heteroatoms. The zero-order valence-electron chi connectivity index (χ0n) is 12.5. The zero-order chi connectivity index (χ0) is 14.8. The van der Waals surface area contributed by atoms with Gasteiger partial charge in [-0.1, -0.05) is 36.3 Å². The molecule has 20 heavy (non-hydrogen) atoms. The van der Waals surface area contributed by atoms with Gasteiger partial charge in [0.2, 0.25) is 10.0 Å². The molecule has 1 aromatic carbocycles. The molecule has 1 fully saturated rings. The maximum absolute atomic E-state index is 12.7. The van der Waals surface area contributed by atoms with E-state index in [1.165, 1.54) is 5.57 Å². The van der Waals surface area contributed by atoms with Crippen molar-refractivity contribution in [2.24, 2.45) is 5.92 Å². The largest absolute Gasteiger partial charge is 0.243 e. The summed E-state index contributed by atoms with van der Waals surface area (Å²) < 4.78 is 26.9. The third-order valence-electron chi connectivity index (χ3n) is 4.13. The number of nitrogens with zero attached hydrogens (tertiary/aromatic N) is 1. The quantitative estimate of drug-likeness (QED) is 0.801. The molecule has 0 amide bonds. The van der Waals surface area contributed by atoms with Crippen molar-refractivity contribution in [2.45, 2.75) is 38.5 Å². The highest BCUT2D eigenvalue weighted by Gasteiger charge is 2.30. The molecule has 1 aliphatic rings. The first kappa shape index (κ1) is 15.3. The molecule has 0 aliphatic carbocycles. The Kier molecular flexibility index (Phi) is 4.66. The van der Waals surface area contributed by atoms with E-state index in [2.05, 4.69) is 13.0 Å². The van der Waals surface area contributed by atoms with E-state index in [0.717, 1.165) is 18.4 Å². The molecule has 1 aromatic rings. The van der Waals surface area contributed by atoms with E-state index in [-0.39, 0.29) is 0 Å². The average Bonchev–Trinajstić information content (AvgIpc) is 2.46. The predicted molar refractivity (Wildman–Crippen MR) is 82.1 cm³/mol. The van der Waals surface area contributed by atoms with Crippen LogP contribution in [0.1, 0.15) is 32.3 Å². The van der Waals surface area contributed by atoms with Crippen LogP contribution in [-0.4, -0.2) is 25.8 Å². The first-order valence-electron chi connectivity index (χ1n) is 7.21. The fraction of sp³-hybridized carbons (Fsp3) is 0.500. The van der Waals surface area contributed by atoms with E-state index in [4.69, 9.17) is 0 Å². The second-order valence-electron chi connectivity index (χ2n) is 5.41. The van der Waals surface area contributed by atoms with Crippen molar-refractivity contribution in [3.63, 3.8) is 0 Å². The minimum absolute atomic E-state index is 0.397. The minimum Gasteiger partial charge on any atom is -0.207 e. The highest BCUT2D eigenvalue weighted by molar-refractivity contribution is 7.89. The summed E-state index contributed by atoms with van der Waals surface area (Å²) in [6.45, 7) is 7.27. The maximum Gasteiger partial charge on any atom is 0.243 e. The molecule has 110 valence electrons. The Hall–Kier alpha value is -1.13. The van der Waals surface area contributed by atoms with Gasteiger partial charge in [-0.25, -0.2) is 8.42 Å². The summed E-state index contributed by atoms with van der Waals surface area (Å²) in [5, 5.41) is 0. The van der Waals surface area contributed by atoms with Crippen LogP contribution < -0.4 is 0 Å². The molecule has 0 spiro atoms. The number of benzene rings is 1. The van der Waals surface area contributed by atoms with Crippen LogP contribution in [0, 0.1) is 12.8 Å². The van der Waals surface area contributed by atoms with Gasteiger partial charge in [0.05, 0.1) is 4.90 Å². The summed E-state index contributed by atoms with van der Waals surface area (Å²) in [7, 11) is -3.36. The fourth-order valence-electron chi connectivity index (χ4n) is 2.75. The number of hydrogen-bond acceptors (Lipinski definition) is 2. The number of rotatable bonds is 3. The monoisotopic (exact) mass is 293 g/mol. The lowest BCUT2D eigenvalue weighted by Gasteiger charge is -2.33. The van der Waals surface area contributed by atoms with Gasteiger partial charge in [0.25, 0.3) is 0 Å². The van der Waals surface area contributed by atoms with Crippen molar-refractivity contribution in [2.75, 3.05) is 13.1 Å². The van der Waals surface area contributed by atoms with E-state index in [1.54, 1.807) is 16.4 Å². The Balaban J connectivity index is 2.25. The second kappa shape index (κ2) is 6.10. The number of piperidine rings is 1. The SMILES string of the molecule is C/C=C1\CN(S(=O)(=O)c2ccc(C)cc2)CCC1CC. The molecule has 0 aromatic heterocycles. The van der Waals surface area contributed by atoms with Crippen LogP contribution in [0.15, 0.2) is 40.8 Å². The molecule has 0 N–H and O–H groups in total. The van der Waals surface area contributed by atoms with Gasteiger partial charge >= 0.3 is 0 Å². The van der Waals surface area contributed by atoms with Crippen LogP contribution in [0.4, 0.5) is 0 Å². The molecule has 1 aliphatic heterocycles. The Morgan fingerprint density at radius 1 is 1.30 bits per heavy atom. The summed E-state index contributed by atoms with van der Waals surface area (Å²) in [5.41, 5.74) is 2.32. The number of aryl methyl sites for hydroxylation is 1. The molecule has 3 nitrogen and oxygen atoms in total. The summed E-state index contributed by atoms with van der Waals surface area (Å²) >= 11 is 0. The van der Waals surface area contributed by atoms with Crippen molar-refractivity contribution in [3.05, 3.63) is 41.5 Å². The molecule has 1 atom stereocenters. The smallest absolute Gasteiger partial charge is 0.207 e. The summed E-state index contributed by atoms with van der Waals surface area (Å²) in [6, 6.07) is 7.10. The minimum atomic E-state index is -3.36. The fourth-order valence-corrected chi connectivity index (χ4v) is 4.20. The van der Waals surface area contributed by atoms with Crippen molar-refractivity contribution in [1.82, 2.24) is 4.31 Å². The molecular formula is C16H23NO2S. The normalized spacial score (nSPS) is 23.1. The van der Waals surface area contributed by atoms with Gasteiger partial charge in [0.1, 0.15) is 0 Å². The van der Waals surface area contributed by atoms with E-state index in [0.29, 0.717) is 23.9 Å². The van der Waals surface area contributed by atoms with Gasteiger partial charge in [-0.15, -0.1) is 0 Å². The van der Waals surface area contributed by atoms with Gasteiger partial charge in [-0.3, -0.25) is 0 Å². The summed E-state index contributed by atoms with van der Waals surface area (Å²) in [4.78, 5) is 0.397. The molecular weight excluding hydrogens is 270 g/mol. The van der Waals surface area contributed by atoms with Crippen LogP contribution in [0.3, 0.4) is 0 Å². The predicted octanol–water partition coefficient (Wildman–Crippen LogP) is 3.36. The molecule has 0 radical (unpaired) electrons. The topological polar surface area (TPSA) is 37.4 Å². The van der Waals surface area contributed by atoms with Crippen molar-refractivity contribution in [1.29, 1.82) is 0 Å². The lowest BCUT2D eigenvalue weighted by Crippen LogP contribution is -2.39. The lowest BCUT2D eigenvalue weighted by molar-refractivity contribution is 0.335. The molecule has 0 saturated carbocycles. The standard InChI is InChI=1S/C16H23NO2S/c1-4-14-10-11-17(12-15(14)5-2)20(18,19)16-8-6-13(3)7-9-16/h5-9,14H,4,10-12H2,1-3H3/b15-5+. The highest BCUT2D eigenvalue weighted by Crippen LogP contribution is 2.29. The summed E-state index contributed by atoms with van der Waals surface area (Å²) in [5.74, 6) is 0.532. The van der Waals surface area contributed by atoms with Crippen LogP contribution in [0.2, 0.25) is 0 Å². The molecule has 1 saturated heterocycles. The Morgan fingerprint density at radius 2 is 1.95 bits per heavy atom. The Labute approximate surface area is 122 Å². The van der Waals surface area contributed by atoms with Gasteiger partial charge in [0, 0.05) is 13.1 Å². The van der Waals surface area contributed by atoms with Gasteiger partial charge in [0.15, 0.2) is 0 Å². The van der Waals surface area contributed by atoms with Gasteiger partial charge in [-0.05, 0) is 44.7 Å². The maximum atomic E-state index is 12.7. The van der Waals surface area contributed by atoms with Crippen molar-refractivity contribution in [3.8, 4) is 0 Å². The molecule has 1 heterocycles. The first-order chi connectivity index (χ1) is 9.48. The van der Waals surface area contributed by atoms with Crippen LogP contribution in [-0.2, 0) is 10.0 Å².